The number of aromatic nitrogens is 1. The minimum atomic E-state index is -0.982. The highest BCUT2D eigenvalue weighted by Crippen LogP contribution is 2.26. The summed E-state index contributed by atoms with van der Waals surface area (Å²) in [5.74, 6) is -0.489. The van der Waals surface area contributed by atoms with E-state index >= 15 is 0 Å². The molecule has 3 heterocycles. The molecule has 0 spiro atoms. The van der Waals surface area contributed by atoms with Gasteiger partial charge in [-0.05, 0) is 12.1 Å². The Labute approximate surface area is 115 Å². The fraction of sp³-hybridized carbons (Fsp3) is 0.286. The molecule has 0 unspecified atom stereocenters. The molecule has 0 radical (unpaired) electrons. The van der Waals surface area contributed by atoms with E-state index in [2.05, 4.69) is 4.98 Å². The average Bonchev–Trinajstić information content (AvgIpc) is 3.02. The van der Waals surface area contributed by atoms with Crippen LogP contribution in [0.25, 0.3) is 11.1 Å². The van der Waals surface area contributed by atoms with Gasteiger partial charge in [-0.25, -0.2) is 9.78 Å². The SMILES string of the molecule is O=C(O)c1cc(-c2ccoc2)cnc1N1CCOCC1. The van der Waals surface area contributed by atoms with Crippen LogP contribution in [0.2, 0.25) is 0 Å². The summed E-state index contributed by atoms with van der Waals surface area (Å²) in [7, 11) is 0. The highest BCUT2D eigenvalue weighted by atomic mass is 16.5. The number of ether oxygens (including phenoxy) is 1. The van der Waals surface area contributed by atoms with Gasteiger partial charge in [-0.1, -0.05) is 0 Å². The van der Waals surface area contributed by atoms with E-state index in [1.54, 1.807) is 30.9 Å². The number of furan rings is 1. The summed E-state index contributed by atoms with van der Waals surface area (Å²) in [6.45, 7) is 2.48. The summed E-state index contributed by atoms with van der Waals surface area (Å²) in [5.41, 5.74) is 1.74. The Morgan fingerprint density at radius 3 is 2.75 bits per heavy atom. The molecule has 1 aliphatic rings. The van der Waals surface area contributed by atoms with Crippen molar-refractivity contribution in [2.45, 2.75) is 0 Å². The van der Waals surface area contributed by atoms with Gasteiger partial charge in [0.1, 0.15) is 11.4 Å². The molecule has 20 heavy (non-hydrogen) atoms. The van der Waals surface area contributed by atoms with Crippen LogP contribution in [-0.2, 0) is 4.74 Å². The standard InChI is InChI=1S/C14H14N2O4/c17-14(18)12-7-11(10-1-4-20-9-10)8-15-13(12)16-2-5-19-6-3-16/h1,4,7-9H,2-3,5-6H2,(H,17,18). The lowest BCUT2D eigenvalue weighted by Gasteiger charge is -2.28. The van der Waals surface area contributed by atoms with E-state index in [-0.39, 0.29) is 5.56 Å². The third-order valence-corrected chi connectivity index (χ3v) is 3.26. The molecule has 0 saturated carbocycles. The van der Waals surface area contributed by atoms with Gasteiger partial charge in [-0.3, -0.25) is 0 Å². The lowest BCUT2D eigenvalue weighted by Crippen LogP contribution is -2.37. The summed E-state index contributed by atoms with van der Waals surface area (Å²) in [4.78, 5) is 17.7. The van der Waals surface area contributed by atoms with Crippen molar-refractivity contribution in [3.05, 3.63) is 36.4 Å². The van der Waals surface area contributed by atoms with Crippen molar-refractivity contribution in [1.82, 2.24) is 4.98 Å². The molecule has 2 aromatic heterocycles. The predicted octanol–water partition coefficient (Wildman–Crippen LogP) is 1.88. The van der Waals surface area contributed by atoms with Crippen LogP contribution in [-0.4, -0.2) is 42.4 Å². The topological polar surface area (TPSA) is 75.8 Å². The fourth-order valence-electron chi connectivity index (χ4n) is 2.23. The lowest BCUT2D eigenvalue weighted by molar-refractivity contribution is 0.0696. The Balaban J connectivity index is 2.00. The second-order valence-electron chi connectivity index (χ2n) is 4.51. The van der Waals surface area contributed by atoms with Crippen LogP contribution in [0.3, 0.4) is 0 Å². The van der Waals surface area contributed by atoms with Gasteiger partial charge >= 0.3 is 5.97 Å². The molecule has 2 aromatic rings. The summed E-state index contributed by atoms with van der Waals surface area (Å²) >= 11 is 0. The molecule has 6 nitrogen and oxygen atoms in total. The highest BCUT2D eigenvalue weighted by Gasteiger charge is 2.20. The van der Waals surface area contributed by atoms with Crippen LogP contribution in [0.15, 0.2) is 35.3 Å². The maximum atomic E-state index is 11.5. The summed E-state index contributed by atoms with van der Waals surface area (Å²) < 4.78 is 10.3. The second kappa shape index (κ2) is 5.34. The van der Waals surface area contributed by atoms with E-state index in [9.17, 15) is 9.90 Å². The van der Waals surface area contributed by atoms with Gasteiger partial charge in [-0.2, -0.15) is 0 Å². The zero-order chi connectivity index (χ0) is 13.9. The summed E-state index contributed by atoms with van der Waals surface area (Å²) in [5, 5.41) is 9.40. The number of nitrogens with zero attached hydrogens (tertiary/aromatic N) is 2. The monoisotopic (exact) mass is 274 g/mol. The molecule has 3 rings (SSSR count). The van der Waals surface area contributed by atoms with Crippen molar-refractivity contribution < 1.29 is 19.1 Å². The molecule has 1 N–H and O–H groups in total. The second-order valence-corrected chi connectivity index (χ2v) is 4.51. The maximum absolute atomic E-state index is 11.5. The first-order chi connectivity index (χ1) is 9.75. The molecule has 0 bridgehead atoms. The van der Waals surface area contributed by atoms with E-state index in [1.165, 1.54) is 0 Å². The Kier molecular flexibility index (Phi) is 3.39. The van der Waals surface area contributed by atoms with Crippen LogP contribution in [0.5, 0.6) is 0 Å². The van der Waals surface area contributed by atoms with Crippen molar-refractivity contribution in [2.75, 3.05) is 31.2 Å². The smallest absolute Gasteiger partial charge is 0.339 e. The molecule has 1 aliphatic heterocycles. The molecule has 0 aliphatic carbocycles. The van der Waals surface area contributed by atoms with E-state index < -0.39 is 5.97 Å². The van der Waals surface area contributed by atoms with Gasteiger partial charge in [-0.15, -0.1) is 0 Å². The van der Waals surface area contributed by atoms with E-state index in [0.717, 1.165) is 11.1 Å². The molecule has 1 saturated heterocycles. The quantitative estimate of drug-likeness (QED) is 0.921. The first-order valence-corrected chi connectivity index (χ1v) is 6.34. The van der Waals surface area contributed by atoms with Crippen molar-refractivity contribution in [1.29, 1.82) is 0 Å². The van der Waals surface area contributed by atoms with Crippen molar-refractivity contribution in [2.24, 2.45) is 0 Å². The first-order valence-electron chi connectivity index (χ1n) is 6.34. The summed E-state index contributed by atoms with van der Waals surface area (Å²) in [6, 6.07) is 3.40. The number of carboxylic acid groups (broad SMARTS) is 1. The normalized spacial score (nSPS) is 15.3. The Morgan fingerprint density at radius 1 is 1.30 bits per heavy atom. The molecule has 0 amide bonds. The zero-order valence-electron chi connectivity index (χ0n) is 10.8. The van der Waals surface area contributed by atoms with Crippen LogP contribution in [0.4, 0.5) is 5.82 Å². The Morgan fingerprint density at radius 2 is 2.10 bits per heavy atom. The average molecular weight is 274 g/mol. The van der Waals surface area contributed by atoms with Gasteiger partial charge in [0.25, 0.3) is 0 Å². The number of anilines is 1. The van der Waals surface area contributed by atoms with Gasteiger partial charge < -0.3 is 19.2 Å². The van der Waals surface area contributed by atoms with Gasteiger partial charge in [0, 0.05) is 30.4 Å². The number of pyridine rings is 1. The van der Waals surface area contributed by atoms with Gasteiger partial charge in [0.05, 0.1) is 25.7 Å². The first kappa shape index (κ1) is 12.7. The molecule has 0 atom stereocenters. The number of carbonyl (C=O) groups is 1. The maximum Gasteiger partial charge on any atom is 0.339 e. The van der Waals surface area contributed by atoms with Crippen molar-refractivity contribution in [3.63, 3.8) is 0 Å². The summed E-state index contributed by atoms with van der Waals surface area (Å²) in [6.07, 6.45) is 4.78. The Hall–Kier alpha value is -2.34. The molecule has 104 valence electrons. The van der Waals surface area contributed by atoms with Crippen LogP contribution in [0.1, 0.15) is 10.4 Å². The molecule has 1 fully saturated rings. The minimum absolute atomic E-state index is 0.200. The van der Waals surface area contributed by atoms with Crippen molar-refractivity contribution >= 4 is 11.8 Å². The Bertz CT molecular complexity index is 604. The molecule has 6 heteroatoms. The van der Waals surface area contributed by atoms with Gasteiger partial charge in [0.2, 0.25) is 0 Å². The number of rotatable bonds is 3. The van der Waals surface area contributed by atoms with Crippen LogP contribution in [0, 0.1) is 0 Å². The van der Waals surface area contributed by atoms with E-state index in [0.29, 0.717) is 32.1 Å². The van der Waals surface area contributed by atoms with Crippen LogP contribution < -0.4 is 4.90 Å². The molecular weight excluding hydrogens is 260 g/mol. The molecular formula is C14H14N2O4. The zero-order valence-corrected chi connectivity index (χ0v) is 10.8. The number of morpholine rings is 1. The van der Waals surface area contributed by atoms with Crippen molar-refractivity contribution in [3.8, 4) is 11.1 Å². The van der Waals surface area contributed by atoms with E-state index in [4.69, 9.17) is 9.15 Å². The lowest BCUT2D eigenvalue weighted by atomic mass is 10.1. The third-order valence-electron chi connectivity index (χ3n) is 3.26. The fourth-order valence-corrected chi connectivity index (χ4v) is 2.23. The van der Waals surface area contributed by atoms with Gasteiger partial charge in [0.15, 0.2) is 0 Å². The number of carboxylic acids is 1. The van der Waals surface area contributed by atoms with Crippen LogP contribution >= 0.6 is 0 Å². The molecule has 0 aromatic carbocycles. The highest BCUT2D eigenvalue weighted by molar-refractivity contribution is 5.94. The number of aromatic carboxylic acids is 1. The predicted molar refractivity (Wildman–Crippen MR) is 71.9 cm³/mol. The number of hydrogen-bond donors (Lipinski definition) is 1. The largest absolute Gasteiger partial charge is 0.478 e. The minimum Gasteiger partial charge on any atom is -0.478 e. The third kappa shape index (κ3) is 2.37. The van der Waals surface area contributed by atoms with E-state index in [1.807, 2.05) is 4.90 Å². The number of hydrogen-bond acceptors (Lipinski definition) is 5.